The smallest absolute Gasteiger partial charge is 0.280 e. The minimum atomic E-state index is -3.68. The third kappa shape index (κ3) is 2.15. The van der Waals surface area contributed by atoms with E-state index in [1.54, 1.807) is 7.05 Å². The Morgan fingerprint density at radius 1 is 1.53 bits per heavy atom. The van der Waals surface area contributed by atoms with Crippen LogP contribution in [-0.4, -0.2) is 28.2 Å². The normalized spacial score (nSPS) is 11.6. The van der Waals surface area contributed by atoms with Crippen LogP contribution in [-0.2, 0) is 23.6 Å². The van der Waals surface area contributed by atoms with E-state index in [2.05, 4.69) is 19.8 Å². The van der Waals surface area contributed by atoms with Gasteiger partial charge >= 0.3 is 0 Å². The first-order valence-corrected chi connectivity index (χ1v) is 6.25. The minimum absolute atomic E-state index is 0.0123. The maximum Gasteiger partial charge on any atom is 0.280 e. The monoisotopic (exact) mass is 256 g/mol. The van der Waals surface area contributed by atoms with E-state index in [1.165, 1.54) is 23.4 Å². The molecule has 0 aromatic carbocycles. The van der Waals surface area contributed by atoms with Gasteiger partial charge in [0, 0.05) is 19.2 Å². The Balaban J connectivity index is 2.36. The van der Waals surface area contributed by atoms with E-state index in [0.29, 0.717) is 11.4 Å². The van der Waals surface area contributed by atoms with Crippen LogP contribution in [0.25, 0.3) is 0 Å². The van der Waals surface area contributed by atoms with Crippen LogP contribution < -0.4 is 10.5 Å². The van der Waals surface area contributed by atoms with Gasteiger partial charge in [-0.2, -0.15) is 13.5 Å². The number of nitrogens with zero attached hydrogens (tertiary/aromatic N) is 3. The molecule has 9 heteroatoms. The maximum absolute atomic E-state index is 11.9. The van der Waals surface area contributed by atoms with Gasteiger partial charge in [0.05, 0.1) is 18.7 Å². The Bertz CT molecular complexity index is 600. The van der Waals surface area contributed by atoms with Crippen molar-refractivity contribution in [1.29, 1.82) is 0 Å². The van der Waals surface area contributed by atoms with Crippen molar-refractivity contribution in [3.8, 4) is 0 Å². The van der Waals surface area contributed by atoms with Gasteiger partial charge in [-0.05, 0) is 0 Å². The number of sulfonamides is 1. The molecule has 2 aromatic heterocycles. The summed E-state index contributed by atoms with van der Waals surface area (Å²) in [6.45, 7) is 0.203. The first-order valence-electron chi connectivity index (χ1n) is 4.76. The quantitative estimate of drug-likeness (QED) is 0.675. The number of aryl methyl sites for hydroxylation is 1. The van der Waals surface area contributed by atoms with Crippen molar-refractivity contribution < 1.29 is 8.42 Å². The molecule has 4 N–H and O–H groups in total. The van der Waals surface area contributed by atoms with E-state index in [-0.39, 0.29) is 11.6 Å². The van der Waals surface area contributed by atoms with Crippen molar-refractivity contribution >= 4 is 15.8 Å². The molecule has 0 fully saturated rings. The van der Waals surface area contributed by atoms with Crippen LogP contribution >= 0.6 is 0 Å². The van der Waals surface area contributed by atoms with Crippen molar-refractivity contribution in [3.63, 3.8) is 0 Å². The fourth-order valence-electron chi connectivity index (χ4n) is 1.34. The Hall–Kier alpha value is -1.87. The molecule has 2 heterocycles. The van der Waals surface area contributed by atoms with E-state index in [1.807, 2.05) is 0 Å². The van der Waals surface area contributed by atoms with E-state index in [0.717, 1.165) is 0 Å². The molecule has 2 aromatic rings. The third-order valence-electron chi connectivity index (χ3n) is 2.23. The largest absolute Gasteiger partial charge is 0.334 e. The predicted octanol–water partition coefficient (Wildman–Crippen LogP) is -0.597. The van der Waals surface area contributed by atoms with Crippen LogP contribution in [0, 0.1) is 0 Å². The molecular weight excluding hydrogens is 244 g/mol. The number of aromatic nitrogens is 4. The third-order valence-corrected chi connectivity index (χ3v) is 3.49. The van der Waals surface area contributed by atoms with E-state index in [9.17, 15) is 8.42 Å². The number of nitrogens with two attached hydrogens (primary N) is 1. The minimum Gasteiger partial charge on any atom is -0.334 e. The highest BCUT2D eigenvalue weighted by Gasteiger charge is 2.19. The fourth-order valence-corrected chi connectivity index (χ4v) is 2.37. The average molecular weight is 256 g/mol. The summed E-state index contributed by atoms with van der Waals surface area (Å²) >= 11 is 0. The van der Waals surface area contributed by atoms with Gasteiger partial charge in [0.1, 0.15) is 5.82 Å². The van der Waals surface area contributed by atoms with E-state index >= 15 is 0 Å². The van der Waals surface area contributed by atoms with Gasteiger partial charge < -0.3 is 10.7 Å². The molecule has 0 aliphatic carbocycles. The molecule has 0 amide bonds. The Morgan fingerprint density at radius 2 is 2.29 bits per heavy atom. The van der Waals surface area contributed by atoms with Crippen LogP contribution in [0.15, 0.2) is 23.7 Å². The lowest BCUT2D eigenvalue weighted by molar-refractivity contribution is 0.597. The van der Waals surface area contributed by atoms with E-state index < -0.39 is 10.0 Å². The van der Waals surface area contributed by atoms with Gasteiger partial charge in [-0.15, -0.1) is 0 Å². The number of H-pyrrole nitrogens is 1. The highest BCUT2D eigenvalue weighted by atomic mass is 32.2. The molecule has 2 rings (SSSR count). The summed E-state index contributed by atoms with van der Waals surface area (Å²) in [5.74, 6) is 0.349. The summed E-state index contributed by atoms with van der Waals surface area (Å²) in [5, 5.41) is 3.92. The number of hydrogen-bond donors (Lipinski definition) is 3. The number of hydrogen-bond acceptors (Lipinski definition) is 5. The molecule has 0 saturated heterocycles. The summed E-state index contributed by atoms with van der Waals surface area (Å²) in [7, 11) is -2.05. The van der Waals surface area contributed by atoms with Crippen molar-refractivity contribution in [3.05, 3.63) is 24.3 Å². The zero-order chi connectivity index (χ0) is 12.5. The van der Waals surface area contributed by atoms with Gasteiger partial charge in [0.25, 0.3) is 10.0 Å². The van der Waals surface area contributed by atoms with Gasteiger partial charge in [-0.25, -0.2) is 4.98 Å². The van der Waals surface area contributed by atoms with Crippen LogP contribution in [0.4, 0.5) is 5.82 Å². The Kier molecular flexibility index (Phi) is 2.86. The number of anilines is 1. The van der Waals surface area contributed by atoms with Crippen LogP contribution in [0.5, 0.6) is 0 Å². The SMILES string of the molecule is Cn1ncc(CN)c1NS(=O)(=O)c1cnc[nH]1. The molecule has 0 aliphatic rings. The predicted molar refractivity (Wildman–Crippen MR) is 60.5 cm³/mol. The fraction of sp³-hybridized carbons (Fsp3) is 0.250. The molecule has 0 atom stereocenters. The summed E-state index contributed by atoms with van der Waals surface area (Å²) in [4.78, 5) is 6.19. The number of aromatic amines is 1. The van der Waals surface area contributed by atoms with Crippen molar-refractivity contribution in [1.82, 2.24) is 19.7 Å². The van der Waals surface area contributed by atoms with Crippen LogP contribution in [0.1, 0.15) is 5.56 Å². The molecule has 0 bridgehead atoms. The molecule has 0 radical (unpaired) electrons. The summed E-state index contributed by atoms with van der Waals surface area (Å²) in [6.07, 6.45) is 4.04. The summed E-state index contributed by atoms with van der Waals surface area (Å²) in [5.41, 5.74) is 6.11. The Labute approximate surface area is 97.9 Å². The topological polar surface area (TPSA) is 119 Å². The highest BCUT2D eigenvalue weighted by molar-refractivity contribution is 7.92. The zero-order valence-corrected chi connectivity index (χ0v) is 9.90. The molecule has 8 nitrogen and oxygen atoms in total. The van der Waals surface area contributed by atoms with Crippen LogP contribution in [0.2, 0.25) is 0 Å². The Morgan fingerprint density at radius 3 is 2.88 bits per heavy atom. The number of imidazole rings is 1. The zero-order valence-electron chi connectivity index (χ0n) is 9.08. The second kappa shape index (κ2) is 4.18. The van der Waals surface area contributed by atoms with Gasteiger partial charge in [0.2, 0.25) is 0 Å². The van der Waals surface area contributed by atoms with Gasteiger partial charge in [-0.1, -0.05) is 0 Å². The number of rotatable bonds is 4. The lowest BCUT2D eigenvalue weighted by atomic mass is 10.3. The second-order valence-electron chi connectivity index (χ2n) is 3.37. The number of nitrogens with one attached hydrogen (secondary N) is 2. The summed E-state index contributed by atoms with van der Waals surface area (Å²) in [6, 6.07) is 0. The molecule has 0 spiro atoms. The molecular formula is C8H12N6O2S. The molecule has 0 saturated carbocycles. The van der Waals surface area contributed by atoms with Crippen LogP contribution in [0.3, 0.4) is 0 Å². The molecule has 17 heavy (non-hydrogen) atoms. The standard InChI is InChI=1S/C8H12N6O2S/c1-14-8(6(2-9)3-12-14)13-17(15,16)7-4-10-5-11-7/h3-5,13H,2,9H2,1H3,(H,10,11). The molecule has 0 unspecified atom stereocenters. The van der Waals surface area contributed by atoms with Crippen molar-refractivity contribution in [2.75, 3.05) is 4.72 Å². The first kappa shape index (κ1) is 11.6. The molecule has 92 valence electrons. The van der Waals surface area contributed by atoms with Crippen molar-refractivity contribution in [2.24, 2.45) is 12.8 Å². The molecule has 0 aliphatic heterocycles. The lowest BCUT2D eigenvalue weighted by Crippen LogP contribution is -2.17. The summed E-state index contributed by atoms with van der Waals surface area (Å²) < 4.78 is 27.7. The van der Waals surface area contributed by atoms with Crippen molar-refractivity contribution in [2.45, 2.75) is 11.6 Å². The lowest BCUT2D eigenvalue weighted by Gasteiger charge is -2.08. The maximum atomic E-state index is 11.9. The van der Waals surface area contributed by atoms with E-state index in [4.69, 9.17) is 5.73 Å². The average Bonchev–Trinajstić information content (AvgIpc) is 2.90. The highest BCUT2D eigenvalue weighted by Crippen LogP contribution is 2.17. The first-order chi connectivity index (χ1) is 8.04. The second-order valence-corrected chi connectivity index (χ2v) is 5.02. The van der Waals surface area contributed by atoms with Gasteiger partial charge in [0.15, 0.2) is 5.03 Å². The van der Waals surface area contributed by atoms with Gasteiger partial charge in [-0.3, -0.25) is 9.40 Å².